The van der Waals surface area contributed by atoms with Crippen molar-refractivity contribution < 1.29 is 25.2 Å². The molecule has 1 fully saturated rings. The van der Waals surface area contributed by atoms with E-state index in [4.69, 9.17) is 15.6 Å². The number of ether oxygens (including phenoxy) is 1. The lowest BCUT2D eigenvalue weighted by Gasteiger charge is -2.53. The predicted molar refractivity (Wildman–Crippen MR) is 74.9 cm³/mol. The van der Waals surface area contributed by atoms with E-state index in [0.29, 0.717) is 6.42 Å². The van der Waals surface area contributed by atoms with Crippen LogP contribution < -0.4 is 5.73 Å². The van der Waals surface area contributed by atoms with Gasteiger partial charge in [-0.05, 0) is 13.3 Å². The Morgan fingerprint density at radius 1 is 1.15 bits per heavy atom. The van der Waals surface area contributed by atoms with Gasteiger partial charge in [0, 0.05) is 0 Å². The van der Waals surface area contributed by atoms with E-state index in [1.54, 1.807) is 0 Å². The molecule has 0 spiro atoms. The summed E-state index contributed by atoms with van der Waals surface area (Å²) in [6.07, 6.45) is 1.72. The Morgan fingerprint density at radius 2 is 1.75 bits per heavy atom. The van der Waals surface area contributed by atoms with E-state index >= 15 is 0 Å². The van der Waals surface area contributed by atoms with Crippen LogP contribution in [-0.4, -0.2) is 56.7 Å². The minimum Gasteiger partial charge on any atom is -0.394 e. The first-order valence-corrected chi connectivity index (χ1v) is 7.46. The first-order chi connectivity index (χ1) is 9.30. The Labute approximate surface area is 120 Å². The molecule has 6 heteroatoms. The van der Waals surface area contributed by atoms with Crippen LogP contribution in [0.4, 0.5) is 0 Å². The Morgan fingerprint density at radius 3 is 2.30 bits per heavy atom. The van der Waals surface area contributed by atoms with Gasteiger partial charge in [-0.2, -0.15) is 0 Å². The molecule has 0 bridgehead atoms. The van der Waals surface area contributed by atoms with E-state index in [0.717, 1.165) is 32.1 Å². The monoisotopic (exact) mass is 291 g/mol. The summed E-state index contributed by atoms with van der Waals surface area (Å²) in [7, 11) is 0. The van der Waals surface area contributed by atoms with Gasteiger partial charge in [0.15, 0.2) is 5.79 Å². The van der Waals surface area contributed by atoms with Crippen molar-refractivity contribution in [2.45, 2.75) is 82.0 Å². The zero-order valence-electron chi connectivity index (χ0n) is 12.5. The van der Waals surface area contributed by atoms with Crippen LogP contribution in [-0.2, 0) is 4.74 Å². The van der Waals surface area contributed by atoms with Gasteiger partial charge in [0.1, 0.15) is 18.3 Å². The van der Waals surface area contributed by atoms with Gasteiger partial charge in [-0.15, -0.1) is 0 Å². The minimum absolute atomic E-state index is 0.347. The number of aliphatic hydroxyl groups is 4. The SMILES string of the molecule is CCCCCCC[C@@]1(N)[C@@H](O)[C@H](O)[C@@H](CO)OC1(C)O. The average Bonchev–Trinajstić information content (AvgIpc) is 2.41. The Bertz CT molecular complexity index is 299. The van der Waals surface area contributed by atoms with E-state index in [9.17, 15) is 15.3 Å². The molecule has 6 nitrogen and oxygen atoms in total. The molecule has 0 amide bonds. The summed E-state index contributed by atoms with van der Waals surface area (Å²) < 4.78 is 5.27. The van der Waals surface area contributed by atoms with Crippen molar-refractivity contribution in [3.8, 4) is 0 Å². The fourth-order valence-electron chi connectivity index (χ4n) is 2.80. The quantitative estimate of drug-likeness (QED) is 0.417. The molecule has 1 heterocycles. The molecule has 120 valence electrons. The lowest BCUT2D eigenvalue weighted by molar-refractivity contribution is -0.335. The Balaban J connectivity index is 2.68. The zero-order chi connectivity index (χ0) is 15.4. The van der Waals surface area contributed by atoms with Gasteiger partial charge in [0.25, 0.3) is 0 Å². The third-order valence-corrected chi connectivity index (χ3v) is 4.35. The molecule has 1 saturated heterocycles. The first kappa shape index (κ1) is 17.8. The summed E-state index contributed by atoms with van der Waals surface area (Å²) in [6.45, 7) is 3.01. The summed E-state index contributed by atoms with van der Waals surface area (Å²) in [5.74, 6) is -1.79. The van der Waals surface area contributed by atoms with Crippen LogP contribution >= 0.6 is 0 Å². The molecule has 1 aliphatic rings. The number of unbranched alkanes of at least 4 members (excludes halogenated alkanes) is 4. The van der Waals surface area contributed by atoms with Gasteiger partial charge in [-0.3, -0.25) is 0 Å². The molecule has 1 aliphatic heterocycles. The van der Waals surface area contributed by atoms with Gasteiger partial charge in [-0.1, -0.05) is 39.0 Å². The number of hydrogen-bond acceptors (Lipinski definition) is 6. The van der Waals surface area contributed by atoms with E-state index in [2.05, 4.69) is 6.92 Å². The summed E-state index contributed by atoms with van der Waals surface area (Å²) in [5, 5.41) is 39.6. The highest BCUT2D eigenvalue weighted by molar-refractivity contribution is 5.08. The van der Waals surface area contributed by atoms with E-state index < -0.39 is 36.2 Å². The van der Waals surface area contributed by atoms with E-state index in [-0.39, 0.29) is 0 Å². The van der Waals surface area contributed by atoms with Crippen molar-refractivity contribution in [1.82, 2.24) is 0 Å². The summed E-state index contributed by atoms with van der Waals surface area (Å²) in [6, 6.07) is 0. The van der Waals surface area contributed by atoms with Gasteiger partial charge in [-0.25, -0.2) is 0 Å². The Hall–Kier alpha value is -0.240. The number of hydrogen-bond donors (Lipinski definition) is 5. The molecule has 0 aliphatic carbocycles. The molecular weight excluding hydrogens is 262 g/mol. The van der Waals surface area contributed by atoms with E-state index in [1.165, 1.54) is 6.92 Å². The average molecular weight is 291 g/mol. The van der Waals surface area contributed by atoms with Crippen LogP contribution in [0.3, 0.4) is 0 Å². The van der Waals surface area contributed by atoms with Gasteiger partial charge in [0.05, 0.1) is 12.1 Å². The molecule has 0 saturated carbocycles. The molecule has 0 radical (unpaired) electrons. The molecule has 5 atom stereocenters. The van der Waals surface area contributed by atoms with Crippen LogP contribution in [0.25, 0.3) is 0 Å². The standard InChI is InChI=1S/C14H29NO5/c1-3-4-5-6-7-8-14(15)12(18)11(17)10(9-16)20-13(14,2)19/h10-12,16-19H,3-9,15H2,1-2H3/t10-,11-,12+,13?,14-/m1/s1. The van der Waals surface area contributed by atoms with Crippen molar-refractivity contribution in [1.29, 1.82) is 0 Å². The molecule has 6 N–H and O–H groups in total. The van der Waals surface area contributed by atoms with Crippen molar-refractivity contribution in [2.24, 2.45) is 5.73 Å². The largest absolute Gasteiger partial charge is 0.394 e. The van der Waals surface area contributed by atoms with Crippen molar-refractivity contribution in [3.05, 3.63) is 0 Å². The summed E-state index contributed by atoms with van der Waals surface area (Å²) in [5.41, 5.74) is 4.70. The number of aliphatic hydroxyl groups excluding tert-OH is 3. The zero-order valence-corrected chi connectivity index (χ0v) is 12.5. The van der Waals surface area contributed by atoms with Crippen molar-refractivity contribution in [2.75, 3.05) is 6.61 Å². The lowest BCUT2D eigenvalue weighted by Crippen LogP contribution is -2.76. The number of rotatable bonds is 7. The maximum Gasteiger partial charge on any atom is 0.184 e. The second kappa shape index (κ2) is 7.15. The maximum atomic E-state index is 10.4. The molecule has 1 unspecified atom stereocenters. The summed E-state index contributed by atoms with van der Waals surface area (Å²) in [4.78, 5) is 0. The van der Waals surface area contributed by atoms with Gasteiger partial charge < -0.3 is 30.9 Å². The van der Waals surface area contributed by atoms with Crippen molar-refractivity contribution in [3.63, 3.8) is 0 Å². The second-order valence-electron chi connectivity index (χ2n) is 5.96. The molecule has 0 aromatic carbocycles. The van der Waals surface area contributed by atoms with Gasteiger partial charge >= 0.3 is 0 Å². The van der Waals surface area contributed by atoms with Gasteiger partial charge in [0.2, 0.25) is 0 Å². The predicted octanol–water partition coefficient (Wildman–Crippen LogP) is -0.134. The summed E-state index contributed by atoms with van der Waals surface area (Å²) >= 11 is 0. The van der Waals surface area contributed by atoms with Crippen LogP contribution in [0.2, 0.25) is 0 Å². The number of nitrogens with two attached hydrogens (primary N) is 1. The third kappa shape index (κ3) is 3.50. The normalized spacial score (nSPS) is 41.9. The fraction of sp³-hybridized carbons (Fsp3) is 1.00. The first-order valence-electron chi connectivity index (χ1n) is 7.46. The minimum atomic E-state index is -1.79. The van der Waals surface area contributed by atoms with Crippen LogP contribution in [0.1, 0.15) is 52.4 Å². The van der Waals surface area contributed by atoms with Crippen LogP contribution in [0, 0.1) is 0 Å². The highest BCUT2D eigenvalue weighted by Gasteiger charge is 2.58. The van der Waals surface area contributed by atoms with Crippen LogP contribution in [0.15, 0.2) is 0 Å². The lowest BCUT2D eigenvalue weighted by atomic mass is 9.75. The van der Waals surface area contributed by atoms with Crippen molar-refractivity contribution >= 4 is 0 Å². The highest BCUT2D eigenvalue weighted by Crippen LogP contribution is 2.38. The van der Waals surface area contributed by atoms with Crippen LogP contribution in [0.5, 0.6) is 0 Å². The molecule has 0 aromatic heterocycles. The molecule has 1 rings (SSSR count). The maximum absolute atomic E-state index is 10.4. The van der Waals surface area contributed by atoms with E-state index in [1.807, 2.05) is 0 Å². The third-order valence-electron chi connectivity index (χ3n) is 4.35. The topological polar surface area (TPSA) is 116 Å². The second-order valence-corrected chi connectivity index (χ2v) is 5.96. The smallest absolute Gasteiger partial charge is 0.184 e. The highest BCUT2D eigenvalue weighted by atomic mass is 16.6. The fourth-order valence-corrected chi connectivity index (χ4v) is 2.80. The molecular formula is C14H29NO5. The Kier molecular flexibility index (Phi) is 6.37. The molecule has 20 heavy (non-hydrogen) atoms. The molecule has 0 aromatic rings.